The average molecular weight is 391 g/mol. The minimum Gasteiger partial charge on any atom is -0.355 e. The van der Waals surface area contributed by atoms with Crippen LogP contribution in [0.1, 0.15) is 36.2 Å². The Labute approximate surface area is 165 Å². The normalized spacial score (nSPS) is 17.0. The molecule has 7 nitrogen and oxygen atoms in total. The highest BCUT2D eigenvalue weighted by Gasteiger charge is 2.27. The smallest absolute Gasteiger partial charge is 0.251 e. The third kappa shape index (κ3) is 5.94. The van der Waals surface area contributed by atoms with E-state index in [-0.39, 0.29) is 23.8 Å². The Hall–Kier alpha value is -2.64. The molecule has 1 saturated heterocycles. The maximum absolute atomic E-state index is 13.6. The molecule has 1 fully saturated rings. The van der Waals surface area contributed by atoms with Gasteiger partial charge >= 0.3 is 0 Å². The maximum Gasteiger partial charge on any atom is 0.251 e. The number of rotatable bonds is 6. The molecule has 1 aromatic carbocycles. The van der Waals surface area contributed by atoms with E-state index in [1.807, 2.05) is 18.7 Å². The molecule has 2 rings (SSSR count). The fourth-order valence-electron chi connectivity index (χ4n) is 3.02. The summed E-state index contributed by atoms with van der Waals surface area (Å²) in [4.78, 5) is 30.2. The Bertz CT molecular complexity index is 735. The minimum absolute atomic E-state index is 0.00167. The molecule has 1 aromatic rings. The molecule has 0 aromatic heterocycles. The second-order valence-electron chi connectivity index (χ2n) is 7.29. The number of carbonyl (C=O) groups excluding carboxylic acids is 2. The van der Waals surface area contributed by atoms with Crippen molar-refractivity contribution in [3.8, 4) is 0 Å². The lowest BCUT2D eigenvalue weighted by atomic mass is 10.1. The van der Waals surface area contributed by atoms with Crippen LogP contribution < -0.4 is 16.0 Å². The third-order valence-electron chi connectivity index (χ3n) is 4.70. The largest absolute Gasteiger partial charge is 0.355 e. The van der Waals surface area contributed by atoms with Crippen molar-refractivity contribution in [1.82, 2.24) is 20.9 Å². The summed E-state index contributed by atoms with van der Waals surface area (Å²) in [5, 5.41) is 9.19. The summed E-state index contributed by atoms with van der Waals surface area (Å²) in [6.07, 6.45) is 0.870. The van der Waals surface area contributed by atoms with Crippen molar-refractivity contribution in [3.63, 3.8) is 0 Å². The molecule has 1 unspecified atom stereocenters. The number of aryl methyl sites for hydroxylation is 1. The van der Waals surface area contributed by atoms with Crippen LogP contribution in [0.2, 0.25) is 0 Å². The molecule has 1 atom stereocenters. The van der Waals surface area contributed by atoms with Gasteiger partial charge in [0.25, 0.3) is 5.91 Å². The summed E-state index contributed by atoms with van der Waals surface area (Å²) in [6.45, 7) is 7.72. The summed E-state index contributed by atoms with van der Waals surface area (Å²) < 4.78 is 13.6. The van der Waals surface area contributed by atoms with Crippen molar-refractivity contribution >= 4 is 17.8 Å². The number of halogens is 1. The zero-order valence-corrected chi connectivity index (χ0v) is 17.0. The topological polar surface area (TPSA) is 85.8 Å². The van der Waals surface area contributed by atoms with E-state index in [0.717, 1.165) is 13.0 Å². The molecule has 1 aliphatic rings. The van der Waals surface area contributed by atoms with Gasteiger partial charge in [0.2, 0.25) is 5.91 Å². The van der Waals surface area contributed by atoms with Crippen LogP contribution in [-0.4, -0.2) is 61.9 Å². The Balaban J connectivity index is 1.72. The first-order valence-corrected chi connectivity index (χ1v) is 9.62. The number of nitrogens with zero attached hydrogens (tertiary/aromatic N) is 2. The molecule has 0 spiro atoms. The van der Waals surface area contributed by atoms with Crippen molar-refractivity contribution in [2.75, 3.05) is 33.2 Å². The SMILES string of the molecule is CN=C(NCCNC(=O)c1ccc(C)c(F)c1)NC1CCN(C(=O)C(C)C)C1. The second-order valence-corrected chi connectivity index (χ2v) is 7.29. The molecule has 1 aliphatic heterocycles. The van der Waals surface area contributed by atoms with Gasteiger partial charge in [-0.1, -0.05) is 19.9 Å². The molecular formula is C20H30FN5O2. The van der Waals surface area contributed by atoms with Gasteiger partial charge in [-0.25, -0.2) is 4.39 Å². The molecular weight excluding hydrogens is 361 g/mol. The van der Waals surface area contributed by atoms with Crippen molar-refractivity contribution < 1.29 is 14.0 Å². The van der Waals surface area contributed by atoms with Gasteiger partial charge in [-0.3, -0.25) is 14.6 Å². The summed E-state index contributed by atoms with van der Waals surface area (Å²) in [7, 11) is 1.68. The van der Waals surface area contributed by atoms with Gasteiger partial charge in [0.1, 0.15) is 5.82 Å². The first-order chi connectivity index (χ1) is 13.3. The molecule has 28 heavy (non-hydrogen) atoms. The van der Waals surface area contributed by atoms with Crippen LogP contribution >= 0.6 is 0 Å². The Morgan fingerprint density at radius 3 is 2.64 bits per heavy atom. The fraction of sp³-hybridized carbons (Fsp3) is 0.550. The zero-order valence-electron chi connectivity index (χ0n) is 17.0. The maximum atomic E-state index is 13.6. The summed E-state index contributed by atoms with van der Waals surface area (Å²) >= 11 is 0. The van der Waals surface area contributed by atoms with E-state index < -0.39 is 5.82 Å². The van der Waals surface area contributed by atoms with E-state index >= 15 is 0 Å². The van der Waals surface area contributed by atoms with Crippen molar-refractivity contribution in [1.29, 1.82) is 0 Å². The number of benzene rings is 1. The lowest BCUT2D eigenvalue weighted by Crippen LogP contribution is -2.47. The van der Waals surface area contributed by atoms with E-state index in [1.165, 1.54) is 6.07 Å². The Kier molecular flexibility index (Phi) is 7.78. The van der Waals surface area contributed by atoms with E-state index in [1.54, 1.807) is 26.1 Å². The van der Waals surface area contributed by atoms with Crippen LogP contribution in [-0.2, 0) is 4.79 Å². The standard InChI is InChI=1S/C20H30FN5O2/c1-13(2)19(28)26-10-7-16(12-26)25-20(22-4)24-9-8-23-18(27)15-6-5-14(3)17(21)11-15/h5-6,11,13,16H,7-10,12H2,1-4H3,(H,23,27)(H2,22,24,25). The Morgan fingerprint density at radius 1 is 1.29 bits per heavy atom. The predicted octanol–water partition coefficient (Wildman–Crippen LogP) is 1.29. The van der Waals surface area contributed by atoms with Crippen molar-refractivity contribution in [2.24, 2.45) is 10.9 Å². The number of hydrogen-bond donors (Lipinski definition) is 3. The summed E-state index contributed by atoms with van der Waals surface area (Å²) in [5.41, 5.74) is 0.806. The van der Waals surface area contributed by atoms with Crippen LogP contribution in [0.25, 0.3) is 0 Å². The van der Waals surface area contributed by atoms with Gasteiger partial charge < -0.3 is 20.9 Å². The number of likely N-dealkylation sites (tertiary alicyclic amines) is 1. The van der Waals surface area contributed by atoms with E-state index in [2.05, 4.69) is 20.9 Å². The molecule has 0 radical (unpaired) electrons. The average Bonchev–Trinajstić information content (AvgIpc) is 3.13. The highest BCUT2D eigenvalue weighted by atomic mass is 19.1. The zero-order chi connectivity index (χ0) is 20.7. The van der Waals surface area contributed by atoms with Crippen molar-refractivity contribution in [2.45, 2.75) is 33.2 Å². The minimum atomic E-state index is -0.392. The van der Waals surface area contributed by atoms with Gasteiger partial charge in [0, 0.05) is 50.7 Å². The first kappa shape index (κ1) is 21.7. The number of amides is 2. The third-order valence-corrected chi connectivity index (χ3v) is 4.70. The molecule has 1 heterocycles. The number of carbonyl (C=O) groups is 2. The fourth-order valence-corrected chi connectivity index (χ4v) is 3.02. The van der Waals surface area contributed by atoms with E-state index in [0.29, 0.717) is 36.7 Å². The van der Waals surface area contributed by atoms with Crippen LogP contribution in [0, 0.1) is 18.7 Å². The summed E-state index contributed by atoms with van der Waals surface area (Å²) in [6, 6.07) is 4.58. The molecule has 0 aliphatic carbocycles. The number of hydrogen-bond acceptors (Lipinski definition) is 3. The number of aliphatic imine (C=N–C) groups is 1. The lowest BCUT2D eigenvalue weighted by molar-refractivity contribution is -0.133. The summed E-state index contributed by atoms with van der Waals surface area (Å²) in [5.74, 6) is 0.0861. The Morgan fingerprint density at radius 2 is 2.00 bits per heavy atom. The van der Waals surface area contributed by atoms with Gasteiger partial charge in [0.05, 0.1) is 0 Å². The molecule has 0 bridgehead atoms. The van der Waals surface area contributed by atoms with Crippen LogP contribution in [0.3, 0.4) is 0 Å². The van der Waals surface area contributed by atoms with Gasteiger partial charge in [-0.05, 0) is 31.0 Å². The lowest BCUT2D eigenvalue weighted by Gasteiger charge is -2.20. The highest BCUT2D eigenvalue weighted by molar-refractivity contribution is 5.94. The molecule has 2 amide bonds. The van der Waals surface area contributed by atoms with Gasteiger partial charge in [0.15, 0.2) is 5.96 Å². The molecule has 3 N–H and O–H groups in total. The highest BCUT2D eigenvalue weighted by Crippen LogP contribution is 2.12. The van der Waals surface area contributed by atoms with Crippen molar-refractivity contribution in [3.05, 3.63) is 35.1 Å². The monoisotopic (exact) mass is 391 g/mol. The second kappa shape index (κ2) is 10.1. The predicted molar refractivity (Wildman–Crippen MR) is 108 cm³/mol. The van der Waals surface area contributed by atoms with Gasteiger partial charge in [-0.15, -0.1) is 0 Å². The van der Waals surface area contributed by atoms with Crippen LogP contribution in [0.5, 0.6) is 0 Å². The molecule has 8 heteroatoms. The van der Waals surface area contributed by atoms with Gasteiger partial charge in [-0.2, -0.15) is 0 Å². The number of guanidine groups is 1. The van der Waals surface area contributed by atoms with Crippen LogP contribution in [0.15, 0.2) is 23.2 Å². The van der Waals surface area contributed by atoms with Crippen LogP contribution in [0.4, 0.5) is 4.39 Å². The van der Waals surface area contributed by atoms with E-state index in [9.17, 15) is 14.0 Å². The molecule has 154 valence electrons. The van der Waals surface area contributed by atoms with E-state index in [4.69, 9.17) is 0 Å². The first-order valence-electron chi connectivity index (χ1n) is 9.62. The number of nitrogens with one attached hydrogen (secondary N) is 3. The molecule has 0 saturated carbocycles. The quantitative estimate of drug-likeness (QED) is 0.387.